The number of hydrogen-bond donors (Lipinski definition) is 0. The van der Waals surface area contributed by atoms with Crippen LogP contribution in [-0.4, -0.2) is 33.3 Å². The Kier molecular flexibility index (Phi) is 5.99. The van der Waals surface area contributed by atoms with Crippen LogP contribution in [0.25, 0.3) is 5.65 Å². The average Bonchev–Trinajstić information content (AvgIpc) is 2.93. The van der Waals surface area contributed by atoms with Crippen molar-refractivity contribution in [2.75, 3.05) is 13.1 Å². The van der Waals surface area contributed by atoms with E-state index in [1.807, 2.05) is 33.7 Å². The lowest BCUT2D eigenvalue weighted by atomic mass is 10.2. The molecule has 0 bridgehead atoms. The largest absolute Gasteiger partial charge is 0.337 e. The summed E-state index contributed by atoms with van der Waals surface area (Å²) in [5, 5.41) is 0. The number of rotatable bonds is 8. The number of fused-ring (bicyclic) bond motifs is 1. The van der Waals surface area contributed by atoms with Gasteiger partial charge in [-0.25, -0.2) is 4.98 Å². The summed E-state index contributed by atoms with van der Waals surface area (Å²) in [6.45, 7) is 8.04. The lowest BCUT2D eigenvalue weighted by Crippen LogP contribution is -2.34. The van der Waals surface area contributed by atoms with E-state index < -0.39 is 0 Å². The number of amides is 1. The van der Waals surface area contributed by atoms with E-state index >= 15 is 0 Å². The minimum atomic E-state index is 0.123. The van der Waals surface area contributed by atoms with E-state index in [1.54, 1.807) is 0 Å². The van der Waals surface area contributed by atoms with Gasteiger partial charge in [-0.05, 0) is 31.4 Å². The van der Waals surface area contributed by atoms with Gasteiger partial charge in [-0.15, -0.1) is 0 Å². The Hall–Kier alpha value is -1.84. The molecular weight excluding hydrogens is 274 g/mol. The van der Waals surface area contributed by atoms with Gasteiger partial charge in [0.05, 0.1) is 5.69 Å². The third kappa shape index (κ3) is 3.49. The third-order valence-electron chi connectivity index (χ3n) is 3.99. The number of aryl methyl sites for hydroxylation is 1. The molecule has 0 atom stereocenters. The molecule has 2 aromatic rings. The van der Waals surface area contributed by atoms with Crippen molar-refractivity contribution in [2.24, 2.45) is 0 Å². The van der Waals surface area contributed by atoms with Crippen molar-refractivity contribution < 1.29 is 4.79 Å². The number of pyridine rings is 1. The fraction of sp³-hybridized carbons (Fsp3) is 0.556. The van der Waals surface area contributed by atoms with Gasteiger partial charge in [0.15, 0.2) is 0 Å². The molecular formula is C18H27N3O. The fourth-order valence-corrected chi connectivity index (χ4v) is 2.68. The van der Waals surface area contributed by atoms with Crippen LogP contribution in [0.3, 0.4) is 0 Å². The molecule has 22 heavy (non-hydrogen) atoms. The van der Waals surface area contributed by atoms with Crippen LogP contribution in [0.1, 0.15) is 62.6 Å². The van der Waals surface area contributed by atoms with Crippen LogP contribution in [0.15, 0.2) is 24.4 Å². The Balaban J connectivity index is 2.36. The molecule has 2 heterocycles. The Bertz CT molecular complexity index is 610. The number of unbranched alkanes of at least 4 members (excludes halogenated alkanes) is 2. The van der Waals surface area contributed by atoms with Crippen LogP contribution in [0.2, 0.25) is 0 Å². The van der Waals surface area contributed by atoms with Crippen molar-refractivity contribution in [2.45, 2.75) is 52.9 Å². The highest BCUT2D eigenvalue weighted by molar-refractivity contribution is 5.94. The maximum Gasteiger partial charge on any atom is 0.272 e. The standard InChI is InChI=1S/C18H27N3O/c1-4-7-12-20(13-8-5-2)18(22)17-15(6-3)19-16-11-9-10-14-21(16)17/h9-11,14H,4-8,12-13H2,1-3H3. The second-order valence-corrected chi connectivity index (χ2v) is 5.69. The fourth-order valence-electron chi connectivity index (χ4n) is 2.68. The topological polar surface area (TPSA) is 37.6 Å². The van der Waals surface area contributed by atoms with E-state index in [2.05, 4.69) is 25.8 Å². The minimum Gasteiger partial charge on any atom is -0.337 e. The Morgan fingerprint density at radius 3 is 2.41 bits per heavy atom. The summed E-state index contributed by atoms with van der Waals surface area (Å²) in [7, 11) is 0. The summed E-state index contributed by atoms with van der Waals surface area (Å²) in [6, 6.07) is 5.87. The smallest absolute Gasteiger partial charge is 0.272 e. The summed E-state index contributed by atoms with van der Waals surface area (Å²) in [5.41, 5.74) is 2.49. The van der Waals surface area contributed by atoms with E-state index in [9.17, 15) is 4.79 Å². The van der Waals surface area contributed by atoms with Crippen LogP contribution in [0, 0.1) is 0 Å². The molecule has 4 nitrogen and oxygen atoms in total. The summed E-state index contributed by atoms with van der Waals surface area (Å²) >= 11 is 0. The molecule has 2 rings (SSSR count). The number of carbonyl (C=O) groups excluding carboxylic acids is 1. The van der Waals surface area contributed by atoms with Gasteiger partial charge < -0.3 is 4.90 Å². The molecule has 0 saturated carbocycles. The highest BCUT2D eigenvalue weighted by atomic mass is 16.2. The van der Waals surface area contributed by atoms with Crippen molar-refractivity contribution >= 4 is 11.6 Å². The van der Waals surface area contributed by atoms with Crippen LogP contribution < -0.4 is 0 Å². The average molecular weight is 301 g/mol. The predicted octanol–water partition coefficient (Wildman–Crippen LogP) is 3.94. The first kappa shape index (κ1) is 16.5. The molecule has 0 N–H and O–H groups in total. The van der Waals surface area contributed by atoms with Crippen LogP contribution in [0.5, 0.6) is 0 Å². The molecule has 1 amide bonds. The molecule has 4 heteroatoms. The summed E-state index contributed by atoms with van der Waals surface area (Å²) in [5.74, 6) is 0.123. The monoisotopic (exact) mass is 301 g/mol. The highest BCUT2D eigenvalue weighted by Gasteiger charge is 2.22. The normalized spacial score (nSPS) is 11.0. The molecule has 120 valence electrons. The maximum absolute atomic E-state index is 13.1. The number of nitrogens with zero attached hydrogens (tertiary/aromatic N) is 3. The number of carbonyl (C=O) groups is 1. The van der Waals surface area contributed by atoms with Crippen LogP contribution >= 0.6 is 0 Å². The van der Waals surface area contributed by atoms with Gasteiger partial charge in [-0.3, -0.25) is 9.20 Å². The maximum atomic E-state index is 13.1. The van der Waals surface area contributed by atoms with E-state index in [1.165, 1.54) is 0 Å². The first-order chi connectivity index (χ1) is 10.7. The first-order valence-electron chi connectivity index (χ1n) is 8.48. The van der Waals surface area contributed by atoms with Gasteiger partial charge in [0.1, 0.15) is 11.3 Å². The van der Waals surface area contributed by atoms with Crippen LogP contribution in [0.4, 0.5) is 0 Å². The second-order valence-electron chi connectivity index (χ2n) is 5.69. The zero-order chi connectivity index (χ0) is 15.9. The molecule has 0 saturated heterocycles. The van der Waals surface area contributed by atoms with E-state index in [0.717, 1.165) is 62.2 Å². The quantitative estimate of drug-likeness (QED) is 0.740. The lowest BCUT2D eigenvalue weighted by molar-refractivity contribution is 0.0743. The van der Waals surface area contributed by atoms with Crippen molar-refractivity contribution in [3.8, 4) is 0 Å². The van der Waals surface area contributed by atoms with Crippen molar-refractivity contribution in [3.05, 3.63) is 35.8 Å². The molecule has 0 aliphatic carbocycles. The summed E-state index contributed by atoms with van der Waals surface area (Å²) < 4.78 is 1.94. The molecule has 2 aromatic heterocycles. The van der Waals surface area contributed by atoms with Gasteiger partial charge >= 0.3 is 0 Å². The molecule has 0 aromatic carbocycles. The van der Waals surface area contributed by atoms with Crippen molar-refractivity contribution in [1.82, 2.24) is 14.3 Å². The van der Waals surface area contributed by atoms with E-state index in [0.29, 0.717) is 0 Å². The van der Waals surface area contributed by atoms with Gasteiger partial charge in [-0.2, -0.15) is 0 Å². The van der Waals surface area contributed by atoms with E-state index in [4.69, 9.17) is 0 Å². The number of aromatic nitrogens is 2. The number of imidazole rings is 1. The summed E-state index contributed by atoms with van der Waals surface area (Å²) in [6.07, 6.45) is 7.01. The van der Waals surface area contributed by atoms with Crippen LogP contribution in [-0.2, 0) is 6.42 Å². The zero-order valence-electron chi connectivity index (χ0n) is 14.0. The molecule has 0 aliphatic rings. The zero-order valence-corrected chi connectivity index (χ0v) is 14.0. The van der Waals surface area contributed by atoms with Gasteiger partial charge in [-0.1, -0.05) is 39.7 Å². The Labute approximate surface area is 133 Å². The predicted molar refractivity (Wildman–Crippen MR) is 90.3 cm³/mol. The van der Waals surface area contributed by atoms with Gasteiger partial charge in [0, 0.05) is 19.3 Å². The van der Waals surface area contributed by atoms with E-state index in [-0.39, 0.29) is 5.91 Å². The molecule has 0 fully saturated rings. The number of hydrogen-bond acceptors (Lipinski definition) is 2. The Morgan fingerprint density at radius 2 is 1.82 bits per heavy atom. The highest BCUT2D eigenvalue weighted by Crippen LogP contribution is 2.16. The molecule has 0 radical (unpaired) electrons. The first-order valence-corrected chi connectivity index (χ1v) is 8.48. The second kappa shape index (κ2) is 7.97. The molecule has 0 unspecified atom stereocenters. The molecule has 0 aliphatic heterocycles. The van der Waals surface area contributed by atoms with Crippen molar-refractivity contribution in [1.29, 1.82) is 0 Å². The Morgan fingerprint density at radius 1 is 1.14 bits per heavy atom. The van der Waals surface area contributed by atoms with Crippen molar-refractivity contribution in [3.63, 3.8) is 0 Å². The minimum absolute atomic E-state index is 0.123. The summed E-state index contributed by atoms with van der Waals surface area (Å²) in [4.78, 5) is 19.7. The van der Waals surface area contributed by atoms with Gasteiger partial charge in [0.25, 0.3) is 5.91 Å². The lowest BCUT2D eigenvalue weighted by Gasteiger charge is -2.22. The van der Waals surface area contributed by atoms with Gasteiger partial charge in [0.2, 0.25) is 0 Å². The SMILES string of the molecule is CCCCN(CCCC)C(=O)c1c(CC)nc2ccccn12. The molecule has 0 spiro atoms. The third-order valence-corrected chi connectivity index (χ3v) is 3.99.